The second kappa shape index (κ2) is 5.07. The van der Waals surface area contributed by atoms with Gasteiger partial charge in [0, 0.05) is 0 Å². The predicted octanol–water partition coefficient (Wildman–Crippen LogP) is 2.95. The molecule has 0 radical (unpaired) electrons. The largest absolute Gasteiger partial charge is 0.498 e. The molecule has 0 amide bonds. The lowest BCUT2D eigenvalue weighted by atomic mass is 10.2. The molecule has 0 unspecified atom stereocenters. The van der Waals surface area contributed by atoms with Gasteiger partial charge in [-0.1, -0.05) is 13.8 Å². The molecule has 0 heterocycles. The van der Waals surface area contributed by atoms with E-state index in [2.05, 4.69) is 13.8 Å². The molecular formula is C10H20O2. The highest BCUT2D eigenvalue weighted by Gasteiger charge is 2.06. The Labute approximate surface area is 75.6 Å². The van der Waals surface area contributed by atoms with Gasteiger partial charge in [0.1, 0.15) is 12.5 Å². The number of ether oxygens (including phenoxy) is 2. The third-order valence-electron chi connectivity index (χ3n) is 1.00. The summed E-state index contributed by atoms with van der Waals surface area (Å²) in [7, 11) is 0. The summed E-state index contributed by atoms with van der Waals surface area (Å²) in [6, 6.07) is 0. The fourth-order valence-corrected chi connectivity index (χ4v) is 0.519. The molecule has 0 saturated carbocycles. The number of rotatable bonds is 4. The molecular weight excluding hydrogens is 152 g/mol. The van der Waals surface area contributed by atoms with Gasteiger partial charge in [0.25, 0.3) is 0 Å². The quantitative estimate of drug-likeness (QED) is 0.607. The van der Waals surface area contributed by atoms with Crippen molar-refractivity contribution >= 4 is 0 Å². The van der Waals surface area contributed by atoms with Gasteiger partial charge in [-0.05, 0) is 26.7 Å². The van der Waals surface area contributed by atoms with E-state index in [-0.39, 0.29) is 5.60 Å². The van der Waals surface area contributed by atoms with Gasteiger partial charge in [0.05, 0.1) is 12.2 Å². The molecule has 0 aliphatic rings. The van der Waals surface area contributed by atoms with E-state index in [1.807, 2.05) is 20.8 Å². The summed E-state index contributed by atoms with van der Waals surface area (Å²) < 4.78 is 10.5. The third kappa shape index (κ3) is 9.34. The average Bonchev–Trinajstić information content (AvgIpc) is 1.83. The second-order valence-corrected chi connectivity index (χ2v) is 4.23. The molecule has 0 aliphatic carbocycles. The van der Waals surface area contributed by atoms with Crippen LogP contribution in [0.15, 0.2) is 12.5 Å². The summed E-state index contributed by atoms with van der Waals surface area (Å²) in [6.45, 7) is 11.0. The van der Waals surface area contributed by atoms with Crippen LogP contribution in [0.25, 0.3) is 0 Å². The summed E-state index contributed by atoms with van der Waals surface area (Å²) in [5.74, 6) is 0.560. The van der Waals surface area contributed by atoms with Gasteiger partial charge in [-0.25, -0.2) is 0 Å². The average molecular weight is 172 g/mol. The highest BCUT2D eigenvalue weighted by Crippen LogP contribution is 2.06. The molecule has 12 heavy (non-hydrogen) atoms. The molecule has 0 aliphatic heterocycles. The van der Waals surface area contributed by atoms with E-state index in [0.717, 1.165) is 6.61 Å². The Morgan fingerprint density at radius 3 is 2.17 bits per heavy atom. The summed E-state index contributed by atoms with van der Waals surface area (Å²) in [5, 5.41) is 0. The molecule has 0 saturated heterocycles. The first-order chi connectivity index (χ1) is 5.42. The topological polar surface area (TPSA) is 18.5 Å². The summed E-state index contributed by atoms with van der Waals surface area (Å²) >= 11 is 0. The van der Waals surface area contributed by atoms with Crippen molar-refractivity contribution in [2.75, 3.05) is 6.61 Å². The normalized spacial score (nSPS) is 12.5. The minimum absolute atomic E-state index is 0.127. The maximum Gasteiger partial charge on any atom is 0.118 e. The SMILES string of the molecule is CC(C)CO/C=C\OC(C)(C)C. The molecule has 2 nitrogen and oxygen atoms in total. The summed E-state index contributed by atoms with van der Waals surface area (Å²) in [4.78, 5) is 0. The zero-order valence-corrected chi connectivity index (χ0v) is 8.76. The van der Waals surface area contributed by atoms with Crippen molar-refractivity contribution in [3.63, 3.8) is 0 Å². The van der Waals surface area contributed by atoms with E-state index in [1.165, 1.54) is 0 Å². The van der Waals surface area contributed by atoms with Crippen LogP contribution in [0, 0.1) is 5.92 Å². The zero-order chi connectivity index (χ0) is 9.61. The summed E-state index contributed by atoms with van der Waals surface area (Å²) in [6.07, 6.45) is 3.20. The Bertz CT molecular complexity index is 131. The Balaban J connectivity index is 3.38. The zero-order valence-electron chi connectivity index (χ0n) is 8.76. The molecule has 0 aromatic carbocycles. The standard InChI is InChI=1S/C10H20O2/c1-9(2)8-11-6-7-12-10(3,4)5/h6-7,9H,8H2,1-5H3/b7-6-. The van der Waals surface area contributed by atoms with Crippen molar-refractivity contribution in [2.24, 2.45) is 5.92 Å². The van der Waals surface area contributed by atoms with E-state index < -0.39 is 0 Å². The van der Waals surface area contributed by atoms with E-state index in [9.17, 15) is 0 Å². The maximum absolute atomic E-state index is 5.31. The van der Waals surface area contributed by atoms with Crippen molar-refractivity contribution in [1.29, 1.82) is 0 Å². The number of hydrogen-bond acceptors (Lipinski definition) is 2. The maximum atomic E-state index is 5.31. The van der Waals surface area contributed by atoms with Crippen molar-refractivity contribution in [3.05, 3.63) is 12.5 Å². The van der Waals surface area contributed by atoms with Crippen LogP contribution in [0.1, 0.15) is 34.6 Å². The van der Waals surface area contributed by atoms with Gasteiger partial charge in [-0.3, -0.25) is 0 Å². The summed E-state index contributed by atoms with van der Waals surface area (Å²) in [5.41, 5.74) is -0.127. The molecule has 0 N–H and O–H groups in total. The van der Waals surface area contributed by atoms with Crippen LogP contribution in [0.4, 0.5) is 0 Å². The van der Waals surface area contributed by atoms with Crippen molar-refractivity contribution in [2.45, 2.75) is 40.2 Å². The third-order valence-corrected chi connectivity index (χ3v) is 1.00. The van der Waals surface area contributed by atoms with Gasteiger partial charge in [0.2, 0.25) is 0 Å². The first-order valence-electron chi connectivity index (χ1n) is 4.36. The Kier molecular flexibility index (Phi) is 4.79. The molecule has 0 spiro atoms. The lowest BCUT2D eigenvalue weighted by Gasteiger charge is -2.17. The van der Waals surface area contributed by atoms with Crippen LogP contribution >= 0.6 is 0 Å². The van der Waals surface area contributed by atoms with Gasteiger partial charge >= 0.3 is 0 Å². The highest BCUT2D eigenvalue weighted by molar-refractivity contribution is 4.69. The van der Waals surface area contributed by atoms with E-state index in [4.69, 9.17) is 9.47 Å². The highest BCUT2D eigenvalue weighted by atomic mass is 16.5. The van der Waals surface area contributed by atoms with Gasteiger partial charge in [-0.15, -0.1) is 0 Å². The van der Waals surface area contributed by atoms with E-state index in [1.54, 1.807) is 12.5 Å². The van der Waals surface area contributed by atoms with Crippen LogP contribution in [0.5, 0.6) is 0 Å². The van der Waals surface area contributed by atoms with Gasteiger partial charge in [-0.2, -0.15) is 0 Å². The first kappa shape index (κ1) is 11.3. The van der Waals surface area contributed by atoms with Gasteiger partial charge in [0.15, 0.2) is 0 Å². The van der Waals surface area contributed by atoms with Crippen LogP contribution in [0.3, 0.4) is 0 Å². The monoisotopic (exact) mass is 172 g/mol. The van der Waals surface area contributed by atoms with Crippen LogP contribution < -0.4 is 0 Å². The lowest BCUT2D eigenvalue weighted by Crippen LogP contribution is -2.15. The number of hydrogen-bond donors (Lipinski definition) is 0. The second-order valence-electron chi connectivity index (χ2n) is 4.23. The van der Waals surface area contributed by atoms with Crippen molar-refractivity contribution in [3.8, 4) is 0 Å². The van der Waals surface area contributed by atoms with Crippen molar-refractivity contribution in [1.82, 2.24) is 0 Å². The Hall–Kier alpha value is -0.660. The Morgan fingerprint density at radius 1 is 1.17 bits per heavy atom. The van der Waals surface area contributed by atoms with Crippen molar-refractivity contribution < 1.29 is 9.47 Å². The molecule has 72 valence electrons. The van der Waals surface area contributed by atoms with Crippen LogP contribution in [-0.4, -0.2) is 12.2 Å². The Morgan fingerprint density at radius 2 is 1.75 bits per heavy atom. The minimum Gasteiger partial charge on any atom is -0.498 e. The molecule has 0 aromatic heterocycles. The fraction of sp³-hybridized carbons (Fsp3) is 0.800. The van der Waals surface area contributed by atoms with Crippen LogP contribution in [-0.2, 0) is 9.47 Å². The molecule has 0 aromatic rings. The van der Waals surface area contributed by atoms with E-state index in [0.29, 0.717) is 5.92 Å². The lowest BCUT2D eigenvalue weighted by molar-refractivity contribution is 0.0680. The smallest absolute Gasteiger partial charge is 0.118 e. The molecule has 0 atom stereocenters. The molecule has 0 rings (SSSR count). The molecule has 0 fully saturated rings. The fourth-order valence-electron chi connectivity index (χ4n) is 0.519. The predicted molar refractivity (Wildman–Crippen MR) is 50.8 cm³/mol. The van der Waals surface area contributed by atoms with Gasteiger partial charge < -0.3 is 9.47 Å². The molecule has 0 bridgehead atoms. The first-order valence-corrected chi connectivity index (χ1v) is 4.36. The van der Waals surface area contributed by atoms with Crippen LogP contribution in [0.2, 0.25) is 0 Å². The van der Waals surface area contributed by atoms with E-state index >= 15 is 0 Å². The molecule has 2 heteroatoms. The minimum atomic E-state index is -0.127.